The van der Waals surface area contributed by atoms with Crippen molar-refractivity contribution in [2.75, 3.05) is 12.0 Å². The first-order valence-electron chi connectivity index (χ1n) is 5.76. The zero-order valence-electron chi connectivity index (χ0n) is 10.8. The molecule has 0 aromatic heterocycles. The lowest BCUT2D eigenvalue weighted by atomic mass is 10.1. The summed E-state index contributed by atoms with van der Waals surface area (Å²) in [5, 5.41) is 10.9. The average molecular weight is 273 g/mol. The van der Waals surface area contributed by atoms with E-state index in [0.29, 0.717) is 5.56 Å². The predicted molar refractivity (Wildman–Crippen MR) is 67.9 cm³/mol. The Morgan fingerprint density at radius 3 is 2.65 bits per heavy atom. The summed E-state index contributed by atoms with van der Waals surface area (Å²) < 4.78 is 5.09. The fourth-order valence-corrected chi connectivity index (χ4v) is 1.84. The number of hydrogen-bond donors (Lipinski definition) is 1. The molecule has 1 heterocycles. The van der Waals surface area contributed by atoms with Gasteiger partial charge in [-0.2, -0.15) is 5.26 Å². The Balaban J connectivity index is 2.50. The molecule has 1 saturated heterocycles. The number of hydrogen-bond acceptors (Lipinski definition) is 5. The van der Waals surface area contributed by atoms with Crippen molar-refractivity contribution >= 4 is 23.5 Å². The Kier molecular flexibility index (Phi) is 3.39. The van der Waals surface area contributed by atoms with E-state index in [1.165, 1.54) is 32.2 Å². The van der Waals surface area contributed by atoms with Crippen molar-refractivity contribution in [2.24, 2.45) is 5.92 Å². The Morgan fingerprint density at radius 1 is 1.35 bits per heavy atom. The number of amides is 4. The minimum Gasteiger partial charge on any atom is -0.495 e. The van der Waals surface area contributed by atoms with Gasteiger partial charge < -0.3 is 4.74 Å². The van der Waals surface area contributed by atoms with E-state index < -0.39 is 23.8 Å². The minimum atomic E-state index is -0.965. The van der Waals surface area contributed by atoms with Gasteiger partial charge in [0, 0.05) is 6.07 Å². The van der Waals surface area contributed by atoms with E-state index in [0.717, 1.165) is 4.90 Å². The molecule has 2 rings (SSSR count). The van der Waals surface area contributed by atoms with Crippen LogP contribution in [0.2, 0.25) is 0 Å². The van der Waals surface area contributed by atoms with Gasteiger partial charge in [-0.25, -0.2) is 9.69 Å². The molecule has 1 aromatic rings. The van der Waals surface area contributed by atoms with Gasteiger partial charge in [-0.1, -0.05) is 0 Å². The second kappa shape index (κ2) is 5.01. The van der Waals surface area contributed by atoms with Crippen molar-refractivity contribution < 1.29 is 19.1 Å². The van der Waals surface area contributed by atoms with Crippen molar-refractivity contribution in [1.29, 1.82) is 5.26 Å². The molecular formula is C13H11N3O4. The molecule has 0 radical (unpaired) electrons. The number of benzene rings is 1. The van der Waals surface area contributed by atoms with Gasteiger partial charge in [0.05, 0.1) is 24.4 Å². The number of carbonyl (C=O) groups is 3. The Labute approximate surface area is 114 Å². The summed E-state index contributed by atoms with van der Waals surface area (Å²) >= 11 is 0. The second-order valence-electron chi connectivity index (χ2n) is 4.19. The molecule has 4 amide bonds. The van der Waals surface area contributed by atoms with Crippen LogP contribution in [0.3, 0.4) is 0 Å². The van der Waals surface area contributed by atoms with Crippen molar-refractivity contribution in [1.82, 2.24) is 5.32 Å². The van der Waals surface area contributed by atoms with E-state index in [1.807, 2.05) is 6.07 Å². The molecule has 102 valence electrons. The molecular weight excluding hydrogens is 262 g/mol. The molecule has 0 spiro atoms. The first-order valence-corrected chi connectivity index (χ1v) is 5.76. The van der Waals surface area contributed by atoms with Crippen molar-refractivity contribution in [2.45, 2.75) is 6.92 Å². The van der Waals surface area contributed by atoms with Crippen molar-refractivity contribution in [3.63, 3.8) is 0 Å². The number of anilines is 1. The van der Waals surface area contributed by atoms with Crippen molar-refractivity contribution in [3.05, 3.63) is 23.8 Å². The molecule has 20 heavy (non-hydrogen) atoms. The van der Waals surface area contributed by atoms with E-state index in [2.05, 4.69) is 5.32 Å². The van der Waals surface area contributed by atoms with Crippen LogP contribution in [-0.2, 0) is 9.59 Å². The highest BCUT2D eigenvalue weighted by atomic mass is 16.5. The molecule has 1 aromatic carbocycles. The number of nitrogens with one attached hydrogen (secondary N) is 1. The molecule has 1 unspecified atom stereocenters. The lowest BCUT2D eigenvalue weighted by Gasteiger charge is -2.29. The zero-order valence-corrected chi connectivity index (χ0v) is 10.8. The quantitative estimate of drug-likeness (QED) is 0.803. The molecule has 0 aliphatic carbocycles. The zero-order chi connectivity index (χ0) is 14.9. The molecule has 0 bridgehead atoms. The smallest absolute Gasteiger partial charge is 0.335 e. The maximum Gasteiger partial charge on any atom is 0.335 e. The summed E-state index contributed by atoms with van der Waals surface area (Å²) in [5.41, 5.74) is 0.521. The van der Waals surface area contributed by atoms with Crippen molar-refractivity contribution in [3.8, 4) is 11.8 Å². The summed E-state index contributed by atoms with van der Waals surface area (Å²) in [6.45, 7) is 1.41. The highest BCUT2D eigenvalue weighted by Gasteiger charge is 2.39. The van der Waals surface area contributed by atoms with Crippen LogP contribution in [0.5, 0.6) is 5.75 Å². The van der Waals surface area contributed by atoms with E-state index in [9.17, 15) is 14.4 Å². The third kappa shape index (κ3) is 2.07. The molecule has 1 aliphatic heterocycles. The number of urea groups is 1. The molecule has 1 fully saturated rings. The number of nitrogens with zero attached hydrogens (tertiary/aromatic N) is 2. The second-order valence-corrected chi connectivity index (χ2v) is 4.19. The monoisotopic (exact) mass is 273 g/mol. The summed E-state index contributed by atoms with van der Waals surface area (Å²) in [7, 11) is 1.36. The SMILES string of the molecule is COc1cc(C#N)ccc1N1C(=O)NC(=O)C(C)C1=O. The van der Waals surface area contributed by atoms with Crippen LogP contribution in [0.15, 0.2) is 18.2 Å². The van der Waals surface area contributed by atoms with Crippen LogP contribution in [0.25, 0.3) is 0 Å². The summed E-state index contributed by atoms with van der Waals surface area (Å²) in [4.78, 5) is 36.2. The van der Waals surface area contributed by atoms with E-state index in [4.69, 9.17) is 10.00 Å². The van der Waals surface area contributed by atoms with E-state index in [-0.39, 0.29) is 11.4 Å². The fourth-order valence-electron chi connectivity index (χ4n) is 1.84. The average Bonchev–Trinajstić information content (AvgIpc) is 2.45. The topological polar surface area (TPSA) is 99.5 Å². The maximum atomic E-state index is 12.1. The molecule has 1 aliphatic rings. The summed E-state index contributed by atoms with van der Waals surface area (Å²) in [6.07, 6.45) is 0. The molecule has 0 saturated carbocycles. The first kappa shape index (κ1) is 13.5. The van der Waals surface area contributed by atoms with E-state index >= 15 is 0 Å². The highest BCUT2D eigenvalue weighted by Crippen LogP contribution is 2.31. The standard InChI is InChI=1S/C13H11N3O4/c1-7-11(17)15-13(19)16(12(7)18)9-4-3-8(6-14)5-10(9)20-2/h3-5,7H,1-2H3,(H,15,17,19). The van der Waals surface area contributed by atoms with Crippen LogP contribution in [0, 0.1) is 17.2 Å². The van der Waals surface area contributed by atoms with Gasteiger partial charge in [0.25, 0.3) is 0 Å². The number of carbonyl (C=O) groups excluding carboxylic acids is 3. The largest absolute Gasteiger partial charge is 0.495 e. The maximum absolute atomic E-state index is 12.1. The predicted octanol–water partition coefficient (Wildman–Crippen LogP) is 0.786. The molecule has 7 nitrogen and oxygen atoms in total. The number of imide groups is 2. The van der Waals surface area contributed by atoms with Crippen LogP contribution in [0.1, 0.15) is 12.5 Å². The molecule has 1 atom stereocenters. The lowest BCUT2D eigenvalue weighted by molar-refractivity contribution is -0.133. The summed E-state index contributed by atoms with van der Waals surface area (Å²) in [5.74, 6) is -2.03. The van der Waals surface area contributed by atoms with Crippen LogP contribution in [-0.4, -0.2) is 25.0 Å². The third-order valence-electron chi connectivity index (χ3n) is 2.97. The minimum absolute atomic E-state index is 0.188. The normalized spacial score (nSPS) is 18.6. The summed E-state index contributed by atoms with van der Waals surface area (Å²) in [6, 6.07) is 5.40. The number of methoxy groups -OCH3 is 1. The fraction of sp³-hybridized carbons (Fsp3) is 0.231. The van der Waals surface area contributed by atoms with Crippen LogP contribution >= 0.6 is 0 Å². The number of rotatable bonds is 2. The van der Waals surface area contributed by atoms with Gasteiger partial charge in [-0.05, 0) is 19.1 Å². The first-order chi connectivity index (χ1) is 9.49. The van der Waals surface area contributed by atoms with E-state index in [1.54, 1.807) is 0 Å². The number of nitriles is 1. The van der Waals surface area contributed by atoms with Crippen LogP contribution in [0.4, 0.5) is 10.5 Å². The molecule has 7 heteroatoms. The Morgan fingerprint density at radius 2 is 2.05 bits per heavy atom. The highest BCUT2D eigenvalue weighted by molar-refractivity contribution is 6.27. The third-order valence-corrected chi connectivity index (χ3v) is 2.97. The molecule has 1 N–H and O–H groups in total. The lowest BCUT2D eigenvalue weighted by Crippen LogP contribution is -2.57. The number of barbiturate groups is 1. The number of ether oxygens (including phenoxy) is 1. The Bertz CT molecular complexity index is 648. The van der Waals surface area contributed by atoms with Gasteiger partial charge >= 0.3 is 6.03 Å². The van der Waals surface area contributed by atoms with Crippen LogP contribution < -0.4 is 15.0 Å². The van der Waals surface area contributed by atoms with Gasteiger partial charge in [-0.3, -0.25) is 14.9 Å². The Hall–Kier alpha value is -2.88. The van der Waals surface area contributed by atoms with Gasteiger partial charge in [0.1, 0.15) is 11.7 Å². The van der Waals surface area contributed by atoms with Gasteiger partial charge in [-0.15, -0.1) is 0 Å². The van der Waals surface area contributed by atoms with Gasteiger partial charge in [0.15, 0.2) is 0 Å². The van der Waals surface area contributed by atoms with Gasteiger partial charge in [0.2, 0.25) is 11.8 Å².